The molecule has 1 heteroatoms. The van der Waals surface area contributed by atoms with Crippen LogP contribution in [0.25, 0.3) is 0 Å². The minimum absolute atomic E-state index is 0. The van der Waals surface area contributed by atoms with Crippen molar-refractivity contribution in [3.63, 3.8) is 0 Å². The predicted molar refractivity (Wildman–Crippen MR) is 53.8 cm³/mol. The van der Waals surface area contributed by atoms with Crippen molar-refractivity contribution in [2.75, 3.05) is 0 Å². The third kappa shape index (κ3) is 7.51. The fourth-order valence-electron chi connectivity index (χ4n) is 0.770. The van der Waals surface area contributed by atoms with Gasteiger partial charge in [0.25, 0.3) is 0 Å². The zero-order chi connectivity index (χ0) is 8.49. The summed E-state index contributed by atoms with van der Waals surface area (Å²) >= 11 is 0. The maximum atomic E-state index is 2.00. The fourth-order valence-corrected chi connectivity index (χ4v) is 0.770. The fraction of sp³-hybridized carbons (Fsp3) is 0. The first-order chi connectivity index (χ1) is 6.00. The van der Waals surface area contributed by atoms with Gasteiger partial charge in [0.1, 0.15) is 0 Å². The second-order valence-corrected chi connectivity index (χ2v) is 2.31. The van der Waals surface area contributed by atoms with Crippen molar-refractivity contribution < 1.29 is 21.7 Å². The van der Waals surface area contributed by atoms with E-state index in [9.17, 15) is 0 Å². The first kappa shape index (κ1) is 12.2. The molecule has 0 N–H and O–H groups in total. The van der Waals surface area contributed by atoms with Gasteiger partial charge in [0.05, 0.1) is 0 Å². The van der Waals surface area contributed by atoms with Crippen LogP contribution in [0.4, 0.5) is 0 Å². The summed E-state index contributed by atoms with van der Waals surface area (Å²) in [5.74, 6) is 0. The molecule has 1 aliphatic carbocycles. The Morgan fingerprint density at radius 3 is 1.62 bits per heavy atom. The van der Waals surface area contributed by atoms with Gasteiger partial charge in [-0.15, -0.1) is 12.2 Å². The molecular weight excluding hydrogens is 192 g/mol. The Bertz CT molecular complexity index is 221. The standard InChI is InChI=1S/C7H7.C5H5.Ti/c1-2-4-6-7-5-3-1;1-2-4-5-3-1;/h1-7H;1-5H;/q2*-1;+2. The molecule has 1 aromatic rings. The van der Waals surface area contributed by atoms with Crippen LogP contribution in [0.15, 0.2) is 66.8 Å². The smallest absolute Gasteiger partial charge is 0.214 e. The van der Waals surface area contributed by atoms with Gasteiger partial charge in [-0.3, -0.25) is 0 Å². The molecule has 0 saturated carbocycles. The Hall–Kier alpha value is -0.846. The van der Waals surface area contributed by atoms with Crippen molar-refractivity contribution in [1.82, 2.24) is 0 Å². The number of allylic oxidation sites excluding steroid dienone is 6. The SMILES string of the molecule is C1=CC=C[CH-]C=C1.[Ti+2].c1cc[cH-]c1. The molecular formula is C12H12Ti. The topological polar surface area (TPSA) is 0 Å². The minimum Gasteiger partial charge on any atom is -0.214 e. The Kier molecular flexibility index (Phi) is 8.64. The second-order valence-electron chi connectivity index (χ2n) is 2.31. The van der Waals surface area contributed by atoms with E-state index in [1.54, 1.807) is 0 Å². The normalized spacial score (nSPS) is 11.7. The summed E-state index contributed by atoms with van der Waals surface area (Å²) in [6.07, 6.45) is 14.0. The van der Waals surface area contributed by atoms with Gasteiger partial charge in [-0.05, 0) is 0 Å². The van der Waals surface area contributed by atoms with Gasteiger partial charge in [-0.2, -0.15) is 48.9 Å². The summed E-state index contributed by atoms with van der Waals surface area (Å²) in [7, 11) is 0. The van der Waals surface area contributed by atoms with E-state index >= 15 is 0 Å². The van der Waals surface area contributed by atoms with Gasteiger partial charge in [0.2, 0.25) is 0 Å². The third-order valence-electron chi connectivity index (χ3n) is 1.33. The van der Waals surface area contributed by atoms with Crippen molar-refractivity contribution in [1.29, 1.82) is 0 Å². The minimum atomic E-state index is 0. The van der Waals surface area contributed by atoms with E-state index in [-0.39, 0.29) is 21.7 Å². The number of hydrogen-bond acceptors (Lipinski definition) is 0. The summed E-state index contributed by atoms with van der Waals surface area (Å²) in [6, 6.07) is 10.0. The molecule has 0 aliphatic heterocycles. The molecule has 1 aromatic carbocycles. The van der Waals surface area contributed by atoms with Crippen LogP contribution in [0.5, 0.6) is 0 Å². The van der Waals surface area contributed by atoms with Crippen molar-refractivity contribution in [3.05, 3.63) is 73.2 Å². The zero-order valence-electron chi connectivity index (χ0n) is 7.43. The van der Waals surface area contributed by atoms with E-state index in [4.69, 9.17) is 0 Å². The van der Waals surface area contributed by atoms with Crippen LogP contribution < -0.4 is 0 Å². The first-order valence-electron chi connectivity index (χ1n) is 4.00. The van der Waals surface area contributed by atoms with E-state index in [2.05, 4.69) is 0 Å². The molecule has 0 bridgehead atoms. The summed E-state index contributed by atoms with van der Waals surface area (Å²) in [4.78, 5) is 0. The Labute approximate surface area is 94.9 Å². The van der Waals surface area contributed by atoms with Gasteiger partial charge in [0, 0.05) is 0 Å². The van der Waals surface area contributed by atoms with Crippen molar-refractivity contribution in [2.24, 2.45) is 0 Å². The van der Waals surface area contributed by atoms with Crippen LogP contribution in [-0.4, -0.2) is 0 Å². The largest absolute Gasteiger partial charge is 2.00 e. The molecule has 64 valence electrons. The Morgan fingerprint density at radius 1 is 0.692 bits per heavy atom. The Balaban J connectivity index is 0.000000215. The molecule has 0 saturated heterocycles. The van der Waals surface area contributed by atoms with Crippen molar-refractivity contribution in [2.45, 2.75) is 0 Å². The molecule has 0 nitrogen and oxygen atoms in total. The third-order valence-corrected chi connectivity index (χ3v) is 1.33. The van der Waals surface area contributed by atoms with Gasteiger partial charge < -0.3 is 0 Å². The zero-order valence-corrected chi connectivity index (χ0v) is 8.99. The second kappa shape index (κ2) is 9.24. The van der Waals surface area contributed by atoms with E-state index in [0.717, 1.165) is 0 Å². The summed E-state index contributed by atoms with van der Waals surface area (Å²) in [5.41, 5.74) is 0. The molecule has 13 heavy (non-hydrogen) atoms. The van der Waals surface area contributed by atoms with Gasteiger partial charge >= 0.3 is 21.7 Å². The van der Waals surface area contributed by atoms with Crippen LogP contribution in [0.3, 0.4) is 0 Å². The Morgan fingerprint density at radius 2 is 1.23 bits per heavy atom. The molecule has 0 radical (unpaired) electrons. The van der Waals surface area contributed by atoms with E-state index in [1.165, 1.54) is 0 Å². The van der Waals surface area contributed by atoms with Crippen LogP contribution in [-0.2, 0) is 21.7 Å². The number of rotatable bonds is 0. The van der Waals surface area contributed by atoms with Crippen LogP contribution in [0.2, 0.25) is 0 Å². The molecule has 0 heterocycles. The average molecular weight is 204 g/mol. The molecule has 0 atom stereocenters. The molecule has 0 unspecified atom stereocenters. The molecule has 0 fully saturated rings. The molecule has 2 rings (SSSR count). The maximum Gasteiger partial charge on any atom is 2.00 e. The van der Waals surface area contributed by atoms with Crippen molar-refractivity contribution >= 4 is 0 Å². The van der Waals surface area contributed by atoms with Crippen LogP contribution in [0, 0.1) is 6.42 Å². The van der Waals surface area contributed by atoms with Gasteiger partial charge in [-0.25, -0.2) is 12.1 Å². The van der Waals surface area contributed by atoms with Crippen molar-refractivity contribution in [3.8, 4) is 0 Å². The van der Waals surface area contributed by atoms with Crippen LogP contribution >= 0.6 is 0 Å². The monoisotopic (exact) mass is 204 g/mol. The number of hydrogen-bond donors (Lipinski definition) is 0. The molecule has 0 spiro atoms. The van der Waals surface area contributed by atoms with Crippen LogP contribution in [0.1, 0.15) is 0 Å². The van der Waals surface area contributed by atoms with E-state index < -0.39 is 0 Å². The summed E-state index contributed by atoms with van der Waals surface area (Å²) in [5, 5.41) is 0. The van der Waals surface area contributed by atoms with E-state index in [0.29, 0.717) is 0 Å². The van der Waals surface area contributed by atoms with E-state index in [1.807, 2.05) is 73.2 Å². The first-order valence-corrected chi connectivity index (χ1v) is 4.00. The average Bonchev–Trinajstić information content (AvgIpc) is 2.54. The molecule has 1 aliphatic rings. The predicted octanol–water partition coefficient (Wildman–Crippen LogP) is 3.28. The maximum absolute atomic E-state index is 2.00. The van der Waals surface area contributed by atoms with Gasteiger partial charge in [-0.1, -0.05) is 0 Å². The summed E-state index contributed by atoms with van der Waals surface area (Å²) < 4.78 is 0. The quantitative estimate of drug-likeness (QED) is 0.449. The summed E-state index contributed by atoms with van der Waals surface area (Å²) in [6.45, 7) is 0. The molecule has 0 amide bonds. The molecule has 0 aromatic heterocycles. The van der Waals surface area contributed by atoms with Gasteiger partial charge in [0.15, 0.2) is 0 Å².